The van der Waals surface area contributed by atoms with Crippen LogP contribution in [0.3, 0.4) is 0 Å². The summed E-state index contributed by atoms with van der Waals surface area (Å²) in [4.78, 5) is 25.7. The zero-order valence-corrected chi connectivity index (χ0v) is 39.5. The molecule has 0 aliphatic carbocycles. The zero-order chi connectivity index (χ0) is 46.8. The molecular formula is C49H90O15. The summed E-state index contributed by atoms with van der Waals surface area (Å²) in [5.41, 5.74) is 0. The largest absolute Gasteiger partial charge is 0.462 e. The summed E-state index contributed by atoms with van der Waals surface area (Å²) in [6, 6.07) is 0. The highest BCUT2D eigenvalue weighted by molar-refractivity contribution is 5.70. The van der Waals surface area contributed by atoms with Crippen LogP contribution in [0.5, 0.6) is 0 Å². The van der Waals surface area contributed by atoms with E-state index in [4.69, 9.17) is 28.4 Å². The second-order valence-corrected chi connectivity index (χ2v) is 18.0. The predicted octanol–water partition coefficient (Wildman–Crippen LogP) is 6.60. The molecule has 376 valence electrons. The normalized spacial score (nSPS) is 26.6. The van der Waals surface area contributed by atoms with E-state index in [0.717, 1.165) is 51.4 Å². The van der Waals surface area contributed by atoms with Crippen LogP contribution in [0.1, 0.15) is 194 Å². The molecule has 0 aromatic rings. The van der Waals surface area contributed by atoms with Crippen molar-refractivity contribution >= 4 is 11.9 Å². The van der Waals surface area contributed by atoms with Crippen LogP contribution in [0, 0.1) is 0 Å². The van der Waals surface area contributed by atoms with Crippen LogP contribution in [0.4, 0.5) is 0 Å². The molecular weight excluding hydrogens is 829 g/mol. The maximum absolute atomic E-state index is 13.0. The van der Waals surface area contributed by atoms with E-state index < -0.39 is 92.7 Å². The lowest BCUT2D eigenvalue weighted by Gasteiger charge is -2.42. The van der Waals surface area contributed by atoms with Crippen molar-refractivity contribution in [2.24, 2.45) is 0 Å². The minimum Gasteiger partial charge on any atom is -0.462 e. The number of carbonyl (C=O) groups excluding carboxylic acids is 2. The van der Waals surface area contributed by atoms with E-state index in [9.17, 15) is 45.3 Å². The van der Waals surface area contributed by atoms with E-state index in [1.54, 1.807) is 0 Å². The molecule has 0 bridgehead atoms. The lowest BCUT2D eigenvalue weighted by Crippen LogP contribution is -2.61. The van der Waals surface area contributed by atoms with Crippen molar-refractivity contribution in [3.8, 4) is 0 Å². The monoisotopic (exact) mass is 919 g/mol. The third-order valence-electron chi connectivity index (χ3n) is 12.2. The third kappa shape index (κ3) is 25.4. The molecule has 7 N–H and O–H groups in total. The number of esters is 2. The smallest absolute Gasteiger partial charge is 0.306 e. The highest BCUT2D eigenvalue weighted by Crippen LogP contribution is 2.26. The summed E-state index contributed by atoms with van der Waals surface area (Å²) in [7, 11) is 0. The lowest BCUT2D eigenvalue weighted by atomic mass is 9.98. The Hall–Kier alpha value is -1.76. The second kappa shape index (κ2) is 37.2. The fourth-order valence-corrected chi connectivity index (χ4v) is 8.04. The van der Waals surface area contributed by atoms with Crippen molar-refractivity contribution < 1.29 is 73.8 Å². The molecule has 11 atom stereocenters. The molecule has 2 fully saturated rings. The molecule has 64 heavy (non-hydrogen) atoms. The van der Waals surface area contributed by atoms with Crippen LogP contribution >= 0.6 is 0 Å². The van der Waals surface area contributed by atoms with E-state index in [1.807, 2.05) is 0 Å². The molecule has 11 unspecified atom stereocenters. The van der Waals surface area contributed by atoms with Crippen molar-refractivity contribution in [2.45, 2.75) is 261 Å². The number of aliphatic hydroxyl groups is 7. The van der Waals surface area contributed by atoms with Gasteiger partial charge in [-0.1, -0.05) is 154 Å². The summed E-state index contributed by atoms with van der Waals surface area (Å²) < 4.78 is 33.5. The number of rotatable bonds is 39. The highest BCUT2D eigenvalue weighted by atomic mass is 16.7. The topological polar surface area (TPSA) is 231 Å². The van der Waals surface area contributed by atoms with Gasteiger partial charge in [0.05, 0.1) is 19.8 Å². The van der Waals surface area contributed by atoms with Gasteiger partial charge in [-0.3, -0.25) is 9.59 Å². The molecule has 0 radical (unpaired) electrons. The van der Waals surface area contributed by atoms with E-state index in [2.05, 4.69) is 26.0 Å². The SMILES string of the molecule is CCCCCCCCC/C=C\CCCCCCCCCC(=O)OC(COC(=O)CCCCCCCCCCCC)COC1OC(COC2OC(CO)C(O)C(O)C2O)C(O)C(O)C1O. The molecule has 2 saturated heterocycles. The Morgan fingerprint density at radius 3 is 1.38 bits per heavy atom. The highest BCUT2D eigenvalue weighted by Gasteiger charge is 2.47. The fourth-order valence-electron chi connectivity index (χ4n) is 8.04. The second-order valence-electron chi connectivity index (χ2n) is 18.0. The Morgan fingerprint density at radius 2 is 0.891 bits per heavy atom. The number of carbonyl (C=O) groups is 2. The number of unbranched alkanes of at least 4 members (excludes halogenated alkanes) is 23. The van der Waals surface area contributed by atoms with Gasteiger partial charge >= 0.3 is 11.9 Å². The van der Waals surface area contributed by atoms with E-state index in [-0.39, 0.29) is 26.1 Å². The van der Waals surface area contributed by atoms with Gasteiger partial charge in [0.25, 0.3) is 0 Å². The Kier molecular flexibility index (Phi) is 34.0. The maximum Gasteiger partial charge on any atom is 0.306 e. The van der Waals surface area contributed by atoms with E-state index in [1.165, 1.54) is 103 Å². The summed E-state index contributed by atoms with van der Waals surface area (Å²) in [6.07, 6.45) is 18.2. The Balaban J connectivity index is 1.80. The summed E-state index contributed by atoms with van der Waals surface area (Å²) in [6.45, 7) is 2.58. The molecule has 15 heteroatoms. The molecule has 0 spiro atoms. The van der Waals surface area contributed by atoms with Crippen molar-refractivity contribution in [1.29, 1.82) is 0 Å². The summed E-state index contributed by atoms with van der Waals surface area (Å²) in [5.74, 6) is -0.924. The van der Waals surface area contributed by atoms with Gasteiger partial charge in [0, 0.05) is 12.8 Å². The van der Waals surface area contributed by atoms with Gasteiger partial charge in [-0.25, -0.2) is 0 Å². The average molecular weight is 919 g/mol. The molecule has 2 aliphatic heterocycles. The molecule has 15 nitrogen and oxygen atoms in total. The molecule has 0 aromatic carbocycles. The number of hydrogen-bond acceptors (Lipinski definition) is 15. The first-order valence-corrected chi connectivity index (χ1v) is 25.3. The van der Waals surface area contributed by atoms with Crippen molar-refractivity contribution in [3.05, 3.63) is 12.2 Å². The Labute approximate surface area is 384 Å². The van der Waals surface area contributed by atoms with Crippen LogP contribution in [0.25, 0.3) is 0 Å². The molecule has 0 saturated carbocycles. The predicted molar refractivity (Wildman–Crippen MR) is 243 cm³/mol. The van der Waals surface area contributed by atoms with Gasteiger partial charge in [-0.15, -0.1) is 0 Å². The number of allylic oxidation sites excluding steroid dienone is 2. The van der Waals surface area contributed by atoms with E-state index in [0.29, 0.717) is 12.8 Å². The first kappa shape index (κ1) is 58.4. The minimum atomic E-state index is -1.76. The minimum absolute atomic E-state index is 0.164. The Bertz CT molecular complexity index is 1170. The quantitative estimate of drug-likeness (QED) is 0.0196. The van der Waals surface area contributed by atoms with Crippen LogP contribution in [0.2, 0.25) is 0 Å². The molecule has 2 heterocycles. The van der Waals surface area contributed by atoms with Crippen molar-refractivity contribution in [3.63, 3.8) is 0 Å². The molecule has 2 rings (SSSR count). The average Bonchev–Trinajstić information content (AvgIpc) is 3.29. The molecule has 2 aliphatic rings. The summed E-state index contributed by atoms with van der Waals surface area (Å²) >= 11 is 0. The van der Waals surface area contributed by atoms with Crippen LogP contribution < -0.4 is 0 Å². The number of hydrogen-bond donors (Lipinski definition) is 7. The first-order valence-electron chi connectivity index (χ1n) is 25.3. The van der Waals surface area contributed by atoms with Crippen LogP contribution in [0.15, 0.2) is 12.2 Å². The first-order chi connectivity index (χ1) is 31.0. The zero-order valence-electron chi connectivity index (χ0n) is 39.5. The fraction of sp³-hybridized carbons (Fsp3) is 0.918. The molecule has 0 amide bonds. The Morgan fingerprint density at radius 1 is 0.484 bits per heavy atom. The van der Waals surface area contributed by atoms with Gasteiger partial charge in [-0.2, -0.15) is 0 Å². The van der Waals surface area contributed by atoms with Crippen molar-refractivity contribution in [2.75, 3.05) is 26.4 Å². The maximum atomic E-state index is 13.0. The van der Waals surface area contributed by atoms with Crippen molar-refractivity contribution in [1.82, 2.24) is 0 Å². The van der Waals surface area contributed by atoms with Gasteiger partial charge in [0.2, 0.25) is 0 Å². The van der Waals surface area contributed by atoms with Gasteiger partial charge in [0.1, 0.15) is 55.4 Å². The number of ether oxygens (including phenoxy) is 6. The van der Waals surface area contributed by atoms with Crippen LogP contribution in [-0.2, 0) is 38.0 Å². The van der Waals surface area contributed by atoms with Crippen LogP contribution in [-0.4, -0.2) is 142 Å². The third-order valence-corrected chi connectivity index (χ3v) is 12.2. The lowest BCUT2D eigenvalue weighted by molar-refractivity contribution is -0.332. The standard InChI is InChI=1S/C49H90O15/c1-3-5-7-9-11-13-15-16-17-18-19-20-21-22-24-26-28-30-32-41(52)62-37(34-59-40(51)31-29-27-25-23-14-12-10-8-6-4-2)35-60-48-47(58)45(56)43(54)39(64-48)36-61-49-46(57)44(55)42(53)38(33-50)63-49/h17-18,37-39,42-50,53-58H,3-16,19-36H2,1-2H3/b18-17-. The summed E-state index contributed by atoms with van der Waals surface area (Å²) in [5, 5.41) is 72.0. The van der Waals surface area contributed by atoms with Gasteiger partial charge < -0.3 is 64.2 Å². The molecule has 0 aromatic heterocycles. The van der Waals surface area contributed by atoms with Gasteiger partial charge in [-0.05, 0) is 38.5 Å². The number of aliphatic hydroxyl groups excluding tert-OH is 7. The van der Waals surface area contributed by atoms with Gasteiger partial charge in [0.15, 0.2) is 18.7 Å². The van der Waals surface area contributed by atoms with E-state index >= 15 is 0 Å².